The van der Waals surface area contributed by atoms with Crippen molar-refractivity contribution in [3.8, 4) is 0 Å². The number of nitrogens with one attached hydrogen (secondary N) is 1. The number of hydrogen-bond acceptors (Lipinski definition) is 5. The SMILES string of the molecule is CC(C)=C[C@H]1[C@@H](C(=O)NS(=O)(=O)c2cnccn2)C1(C)C. The standard InChI is InChI=1S/C14H19N3O3S/c1-9(2)7-10-12(14(10,3)4)13(18)17-21(19,20)11-8-15-5-6-16-11/h5-8,10,12H,1-4H3,(H,17,18)/t10-,12-/m0/s1. The zero-order valence-electron chi connectivity index (χ0n) is 12.5. The summed E-state index contributed by atoms with van der Waals surface area (Å²) in [5.74, 6) is -0.786. The molecule has 2 atom stereocenters. The van der Waals surface area contributed by atoms with Gasteiger partial charge in [-0.25, -0.2) is 9.71 Å². The van der Waals surface area contributed by atoms with Gasteiger partial charge in [-0.15, -0.1) is 0 Å². The Bertz CT molecular complexity index is 677. The zero-order chi connectivity index (χ0) is 15.8. The molecule has 1 heterocycles. The lowest BCUT2D eigenvalue weighted by Gasteiger charge is -2.06. The average Bonchev–Trinajstić information content (AvgIpc) is 2.90. The molecule has 1 N–H and O–H groups in total. The van der Waals surface area contributed by atoms with E-state index in [0.717, 1.165) is 11.8 Å². The topological polar surface area (TPSA) is 89.0 Å². The van der Waals surface area contributed by atoms with E-state index in [9.17, 15) is 13.2 Å². The molecule has 0 radical (unpaired) electrons. The maximum absolute atomic E-state index is 12.2. The maximum atomic E-state index is 12.2. The third-order valence-corrected chi connectivity index (χ3v) is 4.99. The predicted molar refractivity (Wildman–Crippen MR) is 77.6 cm³/mol. The van der Waals surface area contributed by atoms with Gasteiger partial charge in [0.15, 0.2) is 5.03 Å². The largest absolute Gasteiger partial charge is 0.283 e. The summed E-state index contributed by atoms with van der Waals surface area (Å²) in [7, 11) is -3.96. The fourth-order valence-electron chi connectivity index (χ4n) is 2.52. The maximum Gasteiger partial charge on any atom is 0.283 e. The van der Waals surface area contributed by atoms with Crippen molar-refractivity contribution < 1.29 is 13.2 Å². The van der Waals surface area contributed by atoms with Crippen molar-refractivity contribution in [1.29, 1.82) is 0 Å². The van der Waals surface area contributed by atoms with E-state index in [1.54, 1.807) is 0 Å². The van der Waals surface area contributed by atoms with Crippen LogP contribution in [0.15, 0.2) is 35.3 Å². The summed E-state index contributed by atoms with van der Waals surface area (Å²) < 4.78 is 26.2. The molecule has 1 saturated carbocycles. The van der Waals surface area contributed by atoms with Crippen LogP contribution in [0.2, 0.25) is 0 Å². The Morgan fingerprint density at radius 3 is 2.52 bits per heavy atom. The Labute approximate surface area is 124 Å². The average molecular weight is 309 g/mol. The molecular formula is C14H19N3O3S. The first-order chi connectivity index (χ1) is 9.66. The van der Waals surface area contributed by atoms with E-state index in [0.29, 0.717) is 0 Å². The van der Waals surface area contributed by atoms with Crippen molar-refractivity contribution in [3.05, 3.63) is 30.2 Å². The molecule has 21 heavy (non-hydrogen) atoms. The van der Waals surface area contributed by atoms with E-state index in [4.69, 9.17) is 0 Å². The fraction of sp³-hybridized carbons (Fsp3) is 0.500. The van der Waals surface area contributed by atoms with Gasteiger partial charge in [0.1, 0.15) is 0 Å². The Morgan fingerprint density at radius 1 is 1.33 bits per heavy atom. The summed E-state index contributed by atoms with van der Waals surface area (Å²) in [6.45, 7) is 7.83. The van der Waals surface area contributed by atoms with Crippen LogP contribution in [0.1, 0.15) is 27.7 Å². The molecule has 0 unspecified atom stereocenters. The Hall–Kier alpha value is -1.76. The number of sulfonamides is 1. The van der Waals surface area contributed by atoms with Crippen LogP contribution >= 0.6 is 0 Å². The lowest BCUT2D eigenvalue weighted by molar-refractivity contribution is -0.121. The molecule has 7 heteroatoms. The lowest BCUT2D eigenvalue weighted by atomic mass is 10.1. The van der Waals surface area contributed by atoms with Crippen LogP contribution in [-0.2, 0) is 14.8 Å². The molecule has 0 spiro atoms. The molecule has 0 saturated heterocycles. The molecule has 1 aromatic rings. The van der Waals surface area contributed by atoms with Crippen LogP contribution in [0.3, 0.4) is 0 Å². The number of nitrogens with zero attached hydrogens (tertiary/aromatic N) is 2. The van der Waals surface area contributed by atoms with Gasteiger partial charge in [0.25, 0.3) is 10.0 Å². The van der Waals surface area contributed by atoms with Gasteiger partial charge in [-0.3, -0.25) is 9.78 Å². The number of carbonyl (C=O) groups excluding carboxylic acids is 1. The first-order valence-electron chi connectivity index (χ1n) is 6.64. The highest BCUT2D eigenvalue weighted by Gasteiger charge is 2.60. The monoisotopic (exact) mass is 309 g/mol. The van der Waals surface area contributed by atoms with Gasteiger partial charge in [-0.05, 0) is 25.2 Å². The van der Waals surface area contributed by atoms with Gasteiger partial charge in [-0.2, -0.15) is 8.42 Å². The van der Waals surface area contributed by atoms with Crippen molar-refractivity contribution in [1.82, 2.24) is 14.7 Å². The second kappa shape index (κ2) is 5.22. The van der Waals surface area contributed by atoms with Gasteiger partial charge in [0.05, 0.1) is 12.1 Å². The highest BCUT2D eigenvalue weighted by Crippen LogP contribution is 2.59. The molecular weight excluding hydrogens is 290 g/mol. The van der Waals surface area contributed by atoms with Crippen LogP contribution in [0.25, 0.3) is 0 Å². The summed E-state index contributed by atoms with van der Waals surface area (Å²) in [6.07, 6.45) is 5.77. The molecule has 1 amide bonds. The number of hydrogen-bond donors (Lipinski definition) is 1. The van der Waals surface area contributed by atoms with Crippen LogP contribution < -0.4 is 4.72 Å². The summed E-state index contributed by atoms with van der Waals surface area (Å²) in [5.41, 5.74) is 0.874. The molecule has 0 aliphatic heterocycles. The number of rotatable bonds is 4. The quantitative estimate of drug-likeness (QED) is 0.852. The van der Waals surface area contributed by atoms with Crippen molar-refractivity contribution in [2.45, 2.75) is 32.7 Å². The molecule has 0 aromatic carbocycles. The van der Waals surface area contributed by atoms with Crippen LogP contribution in [0.5, 0.6) is 0 Å². The number of amides is 1. The van der Waals surface area contributed by atoms with Crippen LogP contribution in [0.4, 0.5) is 0 Å². The molecule has 6 nitrogen and oxygen atoms in total. The lowest BCUT2D eigenvalue weighted by Crippen LogP contribution is -2.33. The second-order valence-corrected chi connectivity index (χ2v) is 7.71. The fourth-order valence-corrected chi connectivity index (χ4v) is 3.42. The van der Waals surface area contributed by atoms with E-state index in [1.165, 1.54) is 12.4 Å². The van der Waals surface area contributed by atoms with Crippen molar-refractivity contribution in [2.24, 2.45) is 17.3 Å². The van der Waals surface area contributed by atoms with E-state index in [1.807, 2.05) is 33.8 Å². The van der Waals surface area contributed by atoms with E-state index in [2.05, 4.69) is 14.7 Å². The van der Waals surface area contributed by atoms with Crippen molar-refractivity contribution >= 4 is 15.9 Å². The molecule has 1 aliphatic rings. The highest BCUT2D eigenvalue weighted by molar-refractivity contribution is 7.90. The molecule has 114 valence electrons. The Balaban J connectivity index is 2.15. The smallest absolute Gasteiger partial charge is 0.274 e. The molecule has 1 aliphatic carbocycles. The Morgan fingerprint density at radius 2 is 2.00 bits per heavy atom. The van der Waals surface area contributed by atoms with Crippen molar-refractivity contribution in [3.63, 3.8) is 0 Å². The van der Waals surface area contributed by atoms with Gasteiger partial charge < -0.3 is 0 Å². The number of aromatic nitrogens is 2. The third-order valence-electron chi connectivity index (χ3n) is 3.76. The number of allylic oxidation sites excluding steroid dienone is 2. The first kappa shape index (κ1) is 15.6. The minimum atomic E-state index is -3.96. The van der Waals surface area contributed by atoms with Gasteiger partial charge in [0.2, 0.25) is 5.91 Å². The van der Waals surface area contributed by atoms with E-state index < -0.39 is 15.9 Å². The van der Waals surface area contributed by atoms with E-state index in [-0.39, 0.29) is 22.3 Å². The first-order valence-corrected chi connectivity index (χ1v) is 8.12. The molecule has 0 bridgehead atoms. The van der Waals surface area contributed by atoms with Gasteiger partial charge in [0, 0.05) is 12.4 Å². The highest BCUT2D eigenvalue weighted by atomic mass is 32.2. The minimum absolute atomic E-state index is 0.0551. The predicted octanol–water partition coefficient (Wildman–Crippen LogP) is 1.52. The minimum Gasteiger partial charge on any atom is -0.274 e. The van der Waals surface area contributed by atoms with E-state index >= 15 is 0 Å². The second-order valence-electron chi connectivity index (χ2n) is 6.08. The van der Waals surface area contributed by atoms with Gasteiger partial charge >= 0.3 is 0 Å². The molecule has 1 aromatic heterocycles. The molecule has 2 rings (SSSR count). The summed E-state index contributed by atoms with van der Waals surface area (Å²) in [6, 6.07) is 0. The third kappa shape index (κ3) is 3.12. The zero-order valence-corrected chi connectivity index (χ0v) is 13.3. The summed E-state index contributed by atoms with van der Waals surface area (Å²) in [5, 5.41) is -0.254. The normalized spacial score (nSPS) is 23.2. The summed E-state index contributed by atoms with van der Waals surface area (Å²) >= 11 is 0. The number of carbonyl (C=O) groups is 1. The Kier molecular flexibility index (Phi) is 3.88. The molecule has 1 fully saturated rings. The summed E-state index contributed by atoms with van der Waals surface area (Å²) in [4.78, 5) is 19.6. The van der Waals surface area contributed by atoms with Crippen LogP contribution in [0, 0.1) is 17.3 Å². The van der Waals surface area contributed by atoms with Crippen LogP contribution in [-0.4, -0.2) is 24.3 Å². The van der Waals surface area contributed by atoms with Gasteiger partial charge in [-0.1, -0.05) is 25.5 Å². The van der Waals surface area contributed by atoms with Crippen molar-refractivity contribution in [2.75, 3.05) is 0 Å².